The molecule has 3 atom stereocenters. The average molecular weight is 543 g/mol. The van der Waals surface area contributed by atoms with Crippen molar-refractivity contribution >= 4 is 22.6 Å². The molecule has 1 unspecified atom stereocenters. The Bertz CT molecular complexity index is 1650. The number of aromatic nitrogens is 4. The van der Waals surface area contributed by atoms with Crippen molar-refractivity contribution in [1.29, 1.82) is 0 Å². The van der Waals surface area contributed by atoms with Crippen LogP contribution in [0.1, 0.15) is 41.7 Å². The maximum atomic E-state index is 13.5. The lowest BCUT2D eigenvalue weighted by atomic mass is 10.0. The molecule has 5 aliphatic rings. The van der Waals surface area contributed by atoms with E-state index in [1.807, 2.05) is 27.5 Å². The van der Waals surface area contributed by atoms with Gasteiger partial charge in [-0.2, -0.15) is 4.98 Å². The zero-order valence-electron chi connectivity index (χ0n) is 22.9. The van der Waals surface area contributed by atoms with Crippen molar-refractivity contribution in [3.05, 3.63) is 41.6 Å². The summed E-state index contributed by atoms with van der Waals surface area (Å²) in [6.07, 6.45) is 4.33. The molecule has 0 radical (unpaired) electrons. The Hall–Kier alpha value is -3.63. The minimum atomic E-state index is 0.00485. The SMILES string of the molecule is COc1cc(C(=O)N2C3C[C@@H](N)[C@H]2C3)cc2nc(-c3cc4ccc(OCC5COC5)nc4n3CC3CC3)c(C)n12. The van der Waals surface area contributed by atoms with Gasteiger partial charge in [-0.15, -0.1) is 0 Å². The number of rotatable bonds is 8. The van der Waals surface area contributed by atoms with Crippen LogP contribution in [0.25, 0.3) is 28.1 Å². The summed E-state index contributed by atoms with van der Waals surface area (Å²) in [6.45, 7) is 5.06. The highest BCUT2D eigenvalue weighted by atomic mass is 16.5. The summed E-state index contributed by atoms with van der Waals surface area (Å²) in [7, 11) is 1.64. The van der Waals surface area contributed by atoms with Crippen LogP contribution in [0.3, 0.4) is 0 Å². The maximum Gasteiger partial charge on any atom is 0.254 e. The highest BCUT2D eigenvalue weighted by molar-refractivity contribution is 5.97. The van der Waals surface area contributed by atoms with Crippen LogP contribution in [0.4, 0.5) is 0 Å². The van der Waals surface area contributed by atoms with Gasteiger partial charge in [0, 0.05) is 53.7 Å². The molecule has 9 rings (SSSR count). The van der Waals surface area contributed by atoms with Crippen LogP contribution in [-0.4, -0.2) is 74.8 Å². The van der Waals surface area contributed by atoms with E-state index in [-0.39, 0.29) is 24.0 Å². The van der Waals surface area contributed by atoms with Gasteiger partial charge in [-0.1, -0.05) is 0 Å². The summed E-state index contributed by atoms with van der Waals surface area (Å²) in [5.74, 6) is 2.31. The van der Waals surface area contributed by atoms with Gasteiger partial charge in [-0.05, 0) is 56.7 Å². The molecule has 3 saturated heterocycles. The molecule has 3 aliphatic heterocycles. The first-order chi connectivity index (χ1) is 19.5. The first-order valence-corrected chi connectivity index (χ1v) is 14.3. The minimum absolute atomic E-state index is 0.00485. The number of nitrogens with zero attached hydrogens (tertiary/aromatic N) is 5. The molecule has 208 valence electrons. The topological polar surface area (TPSA) is 109 Å². The zero-order valence-corrected chi connectivity index (χ0v) is 22.9. The van der Waals surface area contributed by atoms with E-state index in [0.29, 0.717) is 41.4 Å². The van der Waals surface area contributed by atoms with Crippen molar-refractivity contribution < 1.29 is 19.0 Å². The molecule has 2 saturated carbocycles. The maximum absolute atomic E-state index is 13.5. The van der Waals surface area contributed by atoms with Crippen LogP contribution in [0, 0.1) is 18.8 Å². The van der Waals surface area contributed by atoms with Gasteiger partial charge in [0.2, 0.25) is 5.88 Å². The zero-order chi connectivity index (χ0) is 27.1. The normalized spacial score (nSPS) is 24.0. The highest BCUT2D eigenvalue weighted by Crippen LogP contribution is 2.42. The minimum Gasteiger partial charge on any atom is -0.482 e. The van der Waals surface area contributed by atoms with Crippen molar-refractivity contribution in [2.45, 2.75) is 57.3 Å². The van der Waals surface area contributed by atoms with E-state index in [9.17, 15) is 4.79 Å². The summed E-state index contributed by atoms with van der Waals surface area (Å²) >= 11 is 0. The van der Waals surface area contributed by atoms with Gasteiger partial charge < -0.3 is 29.4 Å². The smallest absolute Gasteiger partial charge is 0.254 e. The number of aryl methyl sites for hydroxylation is 1. The molecule has 0 spiro atoms. The van der Waals surface area contributed by atoms with E-state index in [1.54, 1.807) is 7.11 Å². The van der Waals surface area contributed by atoms with Crippen LogP contribution < -0.4 is 15.2 Å². The number of fused-ring (bicyclic) bond motifs is 3. The molecular formula is C30H34N6O4. The Morgan fingerprint density at radius 2 is 1.98 bits per heavy atom. The molecule has 10 heteroatoms. The van der Waals surface area contributed by atoms with Crippen molar-refractivity contribution in [2.24, 2.45) is 17.6 Å². The molecule has 4 aromatic heterocycles. The number of hydrogen-bond donors (Lipinski definition) is 1. The molecule has 5 fully saturated rings. The molecule has 2 bridgehead atoms. The van der Waals surface area contributed by atoms with Gasteiger partial charge in [-0.25, -0.2) is 4.98 Å². The number of imidazole rings is 1. The Kier molecular flexibility index (Phi) is 5.41. The molecule has 0 aromatic carbocycles. The Balaban J connectivity index is 1.20. The third-order valence-corrected chi connectivity index (χ3v) is 9.18. The van der Waals surface area contributed by atoms with Gasteiger partial charge >= 0.3 is 0 Å². The van der Waals surface area contributed by atoms with E-state index >= 15 is 0 Å². The van der Waals surface area contributed by atoms with Crippen molar-refractivity contribution in [3.8, 4) is 23.1 Å². The molecule has 2 aliphatic carbocycles. The van der Waals surface area contributed by atoms with E-state index in [4.69, 9.17) is 29.9 Å². The first kappa shape index (κ1) is 24.2. The summed E-state index contributed by atoms with van der Waals surface area (Å²) in [4.78, 5) is 25.5. The number of pyridine rings is 2. The average Bonchev–Trinajstić information content (AvgIpc) is 3.24. The standard InChI is InChI=1S/C30H34N6O4/c1-16-28(32-25-8-20(9-27(38-2)35(16)25)30(37)36-21-10-22(31)23(36)11-21)24-7-19-5-6-26(40-15-18-13-39-14-18)33-29(19)34(24)12-17-3-4-17/h5-9,17-18,21-23H,3-4,10-15,31H2,1-2H3/t21?,22-,23-/m1/s1. The second-order valence-corrected chi connectivity index (χ2v) is 12.0. The lowest BCUT2D eigenvalue weighted by Crippen LogP contribution is -2.54. The predicted molar refractivity (Wildman–Crippen MR) is 149 cm³/mol. The lowest BCUT2D eigenvalue weighted by Gasteiger charge is -2.41. The number of hydrogen-bond acceptors (Lipinski definition) is 7. The third-order valence-electron chi connectivity index (χ3n) is 9.18. The Morgan fingerprint density at radius 3 is 2.65 bits per heavy atom. The number of carbonyl (C=O) groups excluding carboxylic acids is 1. The second-order valence-electron chi connectivity index (χ2n) is 12.0. The monoisotopic (exact) mass is 542 g/mol. The predicted octanol–water partition coefficient (Wildman–Crippen LogP) is 3.42. The van der Waals surface area contributed by atoms with Crippen LogP contribution in [-0.2, 0) is 11.3 Å². The van der Waals surface area contributed by atoms with Crippen LogP contribution in [0.5, 0.6) is 11.8 Å². The van der Waals surface area contributed by atoms with Crippen LogP contribution in [0.2, 0.25) is 0 Å². The summed E-state index contributed by atoms with van der Waals surface area (Å²) in [6, 6.07) is 10.4. The molecule has 2 N–H and O–H groups in total. The Morgan fingerprint density at radius 1 is 1.12 bits per heavy atom. The summed E-state index contributed by atoms with van der Waals surface area (Å²) in [5, 5.41) is 1.05. The van der Waals surface area contributed by atoms with Crippen molar-refractivity contribution in [3.63, 3.8) is 0 Å². The van der Waals surface area contributed by atoms with E-state index in [2.05, 4.69) is 23.6 Å². The molecule has 1 amide bonds. The number of ether oxygens (including phenoxy) is 3. The second kappa shape index (κ2) is 8.94. The highest BCUT2D eigenvalue weighted by Gasteiger charge is 2.52. The molecule has 4 aromatic rings. The van der Waals surface area contributed by atoms with Gasteiger partial charge in [0.25, 0.3) is 5.91 Å². The van der Waals surface area contributed by atoms with Gasteiger partial charge in [0.05, 0.1) is 38.3 Å². The number of amides is 1. The molecule has 10 nitrogen and oxygen atoms in total. The third kappa shape index (κ3) is 3.72. The number of carbonyl (C=O) groups is 1. The fourth-order valence-corrected chi connectivity index (χ4v) is 6.67. The Labute approximate surface area is 232 Å². The van der Waals surface area contributed by atoms with Crippen LogP contribution >= 0.6 is 0 Å². The fraction of sp³-hybridized carbons (Fsp3) is 0.500. The van der Waals surface area contributed by atoms with Gasteiger partial charge in [0.1, 0.15) is 17.0 Å². The molecule has 7 heterocycles. The summed E-state index contributed by atoms with van der Waals surface area (Å²) in [5.41, 5.74) is 11.3. The first-order valence-electron chi connectivity index (χ1n) is 14.3. The van der Waals surface area contributed by atoms with Gasteiger partial charge in [-0.3, -0.25) is 9.20 Å². The van der Waals surface area contributed by atoms with E-state index in [0.717, 1.165) is 60.7 Å². The van der Waals surface area contributed by atoms with Crippen molar-refractivity contribution in [2.75, 3.05) is 26.9 Å². The van der Waals surface area contributed by atoms with Crippen molar-refractivity contribution in [1.82, 2.24) is 23.8 Å². The van der Waals surface area contributed by atoms with E-state index in [1.165, 1.54) is 12.8 Å². The summed E-state index contributed by atoms with van der Waals surface area (Å²) < 4.78 is 21.4. The fourth-order valence-electron chi connectivity index (χ4n) is 6.67. The van der Waals surface area contributed by atoms with Crippen LogP contribution in [0.15, 0.2) is 30.3 Å². The quantitative estimate of drug-likeness (QED) is 0.363. The van der Waals surface area contributed by atoms with Gasteiger partial charge in [0.15, 0.2) is 5.88 Å². The molecular weight excluding hydrogens is 508 g/mol. The van der Waals surface area contributed by atoms with E-state index < -0.39 is 0 Å². The number of methoxy groups -OCH3 is 1. The molecule has 40 heavy (non-hydrogen) atoms. The lowest BCUT2D eigenvalue weighted by molar-refractivity contribution is -0.0513. The largest absolute Gasteiger partial charge is 0.482 e. The number of nitrogens with two attached hydrogens (primary N) is 1.